The fourth-order valence-electron chi connectivity index (χ4n) is 2.18. The van der Waals surface area contributed by atoms with Crippen molar-refractivity contribution in [3.63, 3.8) is 0 Å². The predicted octanol–water partition coefficient (Wildman–Crippen LogP) is 2.77. The van der Waals surface area contributed by atoms with E-state index in [-0.39, 0.29) is 18.1 Å². The van der Waals surface area contributed by atoms with Gasteiger partial charge < -0.3 is 20.1 Å². The number of nitrogens with one attached hydrogen (secondary N) is 1. The third-order valence-electron chi connectivity index (χ3n) is 3.64. The molecule has 2 aromatic carbocycles. The van der Waals surface area contributed by atoms with Crippen molar-refractivity contribution < 1.29 is 19.4 Å². The van der Waals surface area contributed by atoms with Crippen LogP contribution < -0.4 is 10.1 Å². The summed E-state index contributed by atoms with van der Waals surface area (Å²) in [6.07, 6.45) is 0. The molecule has 0 fully saturated rings. The van der Waals surface area contributed by atoms with Crippen LogP contribution in [-0.4, -0.2) is 42.6 Å². The van der Waals surface area contributed by atoms with E-state index in [9.17, 15) is 9.59 Å². The van der Waals surface area contributed by atoms with Crippen molar-refractivity contribution in [1.82, 2.24) is 4.90 Å². The van der Waals surface area contributed by atoms with E-state index in [1.807, 2.05) is 31.2 Å². The van der Waals surface area contributed by atoms with Crippen molar-refractivity contribution in [1.29, 1.82) is 0 Å². The molecule has 6 heteroatoms. The topological polar surface area (TPSA) is 78.9 Å². The van der Waals surface area contributed by atoms with Gasteiger partial charge in [-0.15, -0.1) is 0 Å². The molecular weight excluding hydrogens is 320 g/mol. The van der Waals surface area contributed by atoms with Crippen LogP contribution in [0.1, 0.15) is 21.5 Å². The molecule has 6 nitrogen and oxygen atoms in total. The van der Waals surface area contributed by atoms with Gasteiger partial charge in [-0.25, -0.2) is 4.79 Å². The highest BCUT2D eigenvalue weighted by Gasteiger charge is 2.09. The van der Waals surface area contributed by atoms with Gasteiger partial charge in [-0.2, -0.15) is 0 Å². The molecule has 2 rings (SSSR count). The number of aryl methyl sites for hydroxylation is 1. The Hall–Kier alpha value is -3.02. The predicted molar refractivity (Wildman–Crippen MR) is 96.1 cm³/mol. The number of carbonyl (C=O) groups is 2. The molecule has 0 aliphatic carbocycles. The second-order valence-electron chi connectivity index (χ2n) is 5.94. The normalized spacial score (nSPS) is 10.2. The Morgan fingerprint density at radius 3 is 2.60 bits per heavy atom. The number of benzene rings is 2. The first-order chi connectivity index (χ1) is 11.9. The maximum absolute atomic E-state index is 11.7. The summed E-state index contributed by atoms with van der Waals surface area (Å²) in [5, 5.41) is 12.3. The van der Waals surface area contributed by atoms with Crippen LogP contribution >= 0.6 is 0 Å². The van der Waals surface area contributed by atoms with Gasteiger partial charge in [0.2, 0.25) is 0 Å². The van der Waals surface area contributed by atoms with Crippen molar-refractivity contribution in [2.45, 2.75) is 13.5 Å². The molecular formula is C19H22N2O4. The smallest absolute Gasteiger partial charge is 0.335 e. The summed E-state index contributed by atoms with van der Waals surface area (Å²) in [4.78, 5) is 24.2. The molecule has 0 saturated heterocycles. The number of ether oxygens (including phenoxy) is 1. The zero-order chi connectivity index (χ0) is 18.4. The number of likely N-dealkylation sites (N-methyl/N-ethyl adjacent to an activating group) is 1. The van der Waals surface area contributed by atoms with Crippen LogP contribution in [0.25, 0.3) is 0 Å². The maximum Gasteiger partial charge on any atom is 0.335 e. The molecule has 2 aromatic rings. The Morgan fingerprint density at radius 1 is 1.16 bits per heavy atom. The number of aromatic carboxylic acids is 1. The highest BCUT2D eigenvalue weighted by atomic mass is 16.5. The first-order valence-corrected chi connectivity index (χ1v) is 7.86. The van der Waals surface area contributed by atoms with Gasteiger partial charge in [0.1, 0.15) is 5.75 Å². The van der Waals surface area contributed by atoms with Gasteiger partial charge in [0, 0.05) is 20.6 Å². The summed E-state index contributed by atoms with van der Waals surface area (Å²) in [5.41, 5.74) is 2.86. The van der Waals surface area contributed by atoms with E-state index in [4.69, 9.17) is 9.84 Å². The van der Waals surface area contributed by atoms with Crippen molar-refractivity contribution >= 4 is 17.6 Å². The highest BCUT2D eigenvalue weighted by Crippen LogP contribution is 2.26. The molecule has 0 aromatic heterocycles. The van der Waals surface area contributed by atoms with Crippen LogP contribution in [0.15, 0.2) is 42.5 Å². The van der Waals surface area contributed by atoms with Gasteiger partial charge in [-0.1, -0.05) is 18.2 Å². The van der Waals surface area contributed by atoms with Crippen molar-refractivity contribution in [2.75, 3.05) is 26.0 Å². The van der Waals surface area contributed by atoms with Crippen LogP contribution in [0, 0.1) is 6.92 Å². The quantitative estimate of drug-likeness (QED) is 0.809. The molecule has 0 saturated carbocycles. The fourth-order valence-corrected chi connectivity index (χ4v) is 2.18. The summed E-state index contributed by atoms with van der Waals surface area (Å²) in [5.74, 6) is -0.491. The van der Waals surface area contributed by atoms with Gasteiger partial charge in [0.15, 0.2) is 6.61 Å². The molecule has 0 bridgehead atoms. The lowest BCUT2D eigenvalue weighted by atomic mass is 10.1. The van der Waals surface area contributed by atoms with Crippen molar-refractivity contribution in [3.8, 4) is 5.75 Å². The SMILES string of the molecule is Cc1ccc(NCc2cccc(C(=O)O)c2)c(OCC(=O)N(C)C)c1. The standard InChI is InChI=1S/C19H22N2O4/c1-13-7-8-16(17(9-13)25-12-18(22)21(2)3)20-11-14-5-4-6-15(10-14)19(23)24/h4-10,20H,11-12H2,1-3H3,(H,23,24). The third kappa shape index (κ3) is 5.24. The summed E-state index contributed by atoms with van der Waals surface area (Å²) < 4.78 is 5.64. The molecule has 0 aliphatic heterocycles. The molecule has 0 atom stereocenters. The second-order valence-corrected chi connectivity index (χ2v) is 5.94. The van der Waals surface area contributed by atoms with E-state index in [1.54, 1.807) is 32.3 Å². The van der Waals surface area contributed by atoms with Crippen molar-refractivity contribution in [2.24, 2.45) is 0 Å². The van der Waals surface area contributed by atoms with Crippen LogP contribution in [0.4, 0.5) is 5.69 Å². The number of hydrogen-bond acceptors (Lipinski definition) is 4. The van der Waals surface area contributed by atoms with Gasteiger partial charge in [-0.3, -0.25) is 4.79 Å². The average molecular weight is 342 g/mol. The van der Waals surface area contributed by atoms with E-state index in [1.165, 1.54) is 4.90 Å². The zero-order valence-corrected chi connectivity index (χ0v) is 14.6. The van der Waals surface area contributed by atoms with Crippen LogP contribution in [-0.2, 0) is 11.3 Å². The lowest BCUT2D eigenvalue weighted by Crippen LogP contribution is -2.27. The Morgan fingerprint density at radius 2 is 1.92 bits per heavy atom. The van der Waals surface area contributed by atoms with E-state index >= 15 is 0 Å². The number of anilines is 1. The minimum absolute atomic E-state index is 0.0420. The third-order valence-corrected chi connectivity index (χ3v) is 3.64. The van der Waals surface area contributed by atoms with E-state index < -0.39 is 5.97 Å². The van der Waals surface area contributed by atoms with Gasteiger partial charge in [0.25, 0.3) is 5.91 Å². The Bertz CT molecular complexity index is 772. The van der Waals surface area contributed by atoms with Gasteiger partial charge in [-0.05, 0) is 42.3 Å². The van der Waals surface area contributed by atoms with Gasteiger partial charge >= 0.3 is 5.97 Å². The minimum atomic E-state index is -0.955. The summed E-state index contributed by atoms with van der Waals surface area (Å²) >= 11 is 0. The number of carboxylic acid groups (broad SMARTS) is 1. The average Bonchev–Trinajstić information content (AvgIpc) is 2.58. The molecule has 1 amide bonds. The van der Waals surface area contributed by atoms with Crippen LogP contribution in [0.2, 0.25) is 0 Å². The summed E-state index contributed by atoms with van der Waals surface area (Å²) in [6.45, 7) is 2.35. The monoisotopic (exact) mass is 342 g/mol. The largest absolute Gasteiger partial charge is 0.482 e. The molecule has 0 aliphatic rings. The first kappa shape index (κ1) is 18.3. The molecule has 0 spiro atoms. The lowest BCUT2D eigenvalue weighted by molar-refractivity contribution is -0.130. The maximum atomic E-state index is 11.7. The molecule has 0 heterocycles. The minimum Gasteiger partial charge on any atom is -0.482 e. The van der Waals surface area contributed by atoms with E-state index in [0.717, 1.165) is 16.8 Å². The van der Waals surface area contributed by atoms with E-state index in [2.05, 4.69) is 5.32 Å². The molecule has 0 radical (unpaired) electrons. The molecule has 0 unspecified atom stereocenters. The number of rotatable bonds is 7. The Balaban J connectivity index is 2.10. The fraction of sp³-hybridized carbons (Fsp3) is 0.263. The second kappa shape index (κ2) is 8.19. The molecule has 2 N–H and O–H groups in total. The number of nitrogens with zero attached hydrogens (tertiary/aromatic N) is 1. The molecule has 132 valence electrons. The Labute approximate surface area is 147 Å². The number of hydrogen-bond donors (Lipinski definition) is 2. The lowest BCUT2D eigenvalue weighted by Gasteiger charge is -2.16. The summed E-state index contributed by atoms with van der Waals surface area (Å²) in [6, 6.07) is 12.4. The van der Waals surface area contributed by atoms with Gasteiger partial charge in [0.05, 0.1) is 11.3 Å². The Kier molecular flexibility index (Phi) is 6.00. The summed E-state index contributed by atoms with van der Waals surface area (Å²) in [7, 11) is 3.35. The number of carbonyl (C=O) groups excluding carboxylic acids is 1. The molecule has 25 heavy (non-hydrogen) atoms. The number of carboxylic acids is 1. The van der Waals surface area contributed by atoms with Crippen LogP contribution in [0.5, 0.6) is 5.75 Å². The highest BCUT2D eigenvalue weighted by molar-refractivity contribution is 5.87. The van der Waals surface area contributed by atoms with Crippen molar-refractivity contribution in [3.05, 3.63) is 59.2 Å². The van der Waals surface area contributed by atoms with E-state index in [0.29, 0.717) is 12.3 Å². The van der Waals surface area contributed by atoms with Crippen LogP contribution in [0.3, 0.4) is 0 Å². The zero-order valence-electron chi connectivity index (χ0n) is 14.6. The first-order valence-electron chi connectivity index (χ1n) is 7.86. The number of amides is 1.